The SMILES string of the molecule is O=C(O)c1cccc(C2CCN(S(=O)(=O)c3ccsc3)C2)c1. The molecule has 0 radical (unpaired) electrons. The maximum atomic E-state index is 12.5. The van der Waals surface area contributed by atoms with E-state index in [2.05, 4.69) is 0 Å². The maximum Gasteiger partial charge on any atom is 0.335 e. The van der Waals surface area contributed by atoms with Crippen molar-refractivity contribution in [3.8, 4) is 0 Å². The van der Waals surface area contributed by atoms with Gasteiger partial charge in [-0.2, -0.15) is 15.6 Å². The van der Waals surface area contributed by atoms with Gasteiger partial charge in [-0.25, -0.2) is 13.2 Å². The van der Waals surface area contributed by atoms with Crippen molar-refractivity contribution in [2.75, 3.05) is 13.1 Å². The molecular formula is C15H15NO4S2. The summed E-state index contributed by atoms with van der Waals surface area (Å²) in [5.41, 5.74) is 1.11. The molecule has 1 unspecified atom stereocenters. The van der Waals surface area contributed by atoms with Gasteiger partial charge in [0.15, 0.2) is 0 Å². The lowest BCUT2D eigenvalue weighted by molar-refractivity contribution is 0.0696. The first-order valence-electron chi connectivity index (χ1n) is 6.84. The molecule has 22 heavy (non-hydrogen) atoms. The van der Waals surface area contributed by atoms with Crippen LogP contribution in [0.15, 0.2) is 46.0 Å². The third-order valence-electron chi connectivity index (χ3n) is 3.89. The first kappa shape index (κ1) is 15.2. The minimum Gasteiger partial charge on any atom is -0.478 e. The summed E-state index contributed by atoms with van der Waals surface area (Å²) in [4.78, 5) is 11.4. The van der Waals surface area contributed by atoms with Gasteiger partial charge in [0, 0.05) is 18.5 Å². The van der Waals surface area contributed by atoms with E-state index in [1.165, 1.54) is 15.6 Å². The summed E-state index contributed by atoms with van der Waals surface area (Å²) in [6.45, 7) is 0.849. The molecule has 1 aromatic carbocycles. The van der Waals surface area contributed by atoms with E-state index in [9.17, 15) is 13.2 Å². The van der Waals surface area contributed by atoms with Gasteiger partial charge in [0.1, 0.15) is 0 Å². The molecule has 0 saturated carbocycles. The number of sulfonamides is 1. The normalized spacial score (nSPS) is 19.4. The summed E-state index contributed by atoms with van der Waals surface area (Å²) in [5, 5.41) is 12.4. The van der Waals surface area contributed by atoms with E-state index in [0.29, 0.717) is 24.4 Å². The summed E-state index contributed by atoms with van der Waals surface area (Å²) in [5.74, 6) is -0.935. The summed E-state index contributed by atoms with van der Waals surface area (Å²) in [6, 6.07) is 8.35. The standard InChI is InChI=1S/C15H15NO4S2/c17-15(18)12-3-1-2-11(8-12)13-4-6-16(9-13)22(19,20)14-5-7-21-10-14/h1-3,5,7-8,10,13H,4,6,9H2,(H,17,18). The van der Waals surface area contributed by atoms with Crippen LogP contribution in [0, 0.1) is 0 Å². The number of benzene rings is 1. The number of hydrogen-bond acceptors (Lipinski definition) is 4. The maximum absolute atomic E-state index is 12.5. The monoisotopic (exact) mass is 337 g/mol. The van der Waals surface area contributed by atoms with Crippen LogP contribution >= 0.6 is 11.3 Å². The lowest BCUT2D eigenvalue weighted by Crippen LogP contribution is -2.28. The number of carboxylic acids is 1. The van der Waals surface area contributed by atoms with Crippen LogP contribution in [-0.2, 0) is 10.0 Å². The largest absolute Gasteiger partial charge is 0.478 e. The van der Waals surface area contributed by atoms with Crippen LogP contribution in [0.4, 0.5) is 0 Å². The van der Waals surface area contributed by atoms with Crippen molar-refractivity contribution in [2.45, 2.75) is 17.2 Å². The van der Waals surface area contributed by atoms with Crippen molar-refractivity contribution in [1.29, 1.82) is 0 Å². The van der Waals surface area contributed by atoms with Crippen LogP contribution in [0.25, 0.3) is 0 Å². The van der Waals surface area contributed by atoms with Gasteiger partial charge in [-0.1, -0.05) is 12.1 Å². The Balaban J connectivity index is 1.81. The third kappa shape index (κ3) is 2.79. The fraction of sp³-hybridized carbons (Fsp3) is 0.267. The van der Waals surface area contributed by atoms with Crippen molar-refractivity contribution in [3.63, 3.8) is 0 Å². The molecule has 1 N–H and O–H groups in total. The average Bonchev–Trinajstić information content (AvgIpc) is 3.19. The second-order valence-electron chi connectivity index (χ2n) is 5.24. The number of aromatic carboxylic acids is 1. The van der Waals surface area contributed by atoms with Crippen molar-refractivity contribution in [3.05, 3.63) is 52.2 Å². The molecule has 0 aliphatic carbocycles. The number of hydrogen-bond donors (Lipinski definition) is 1. The minimum absolute atomic E-state index is 0.0349. The van der Waals surface area contributed by atoms with Gasteiger partial charge in [0.25, 0.3) is 0 Å². The molecule has 2 heterocycles. The summed E-state index contributed by atoms with van der Waals surface area (Å²) >= 11 is 1.36. The van der Waals surface area contributed by atoms with Gasteiger partial charge >= 0.3 is 5.97 Å². The Morgan fingerprint density at radius 3 is 2.82 bits per heavy atom. The number of nitrogens with zero attached hydrogens (tertiary/aromatic N) is 1. The predicted molar refractivity (Wildman–Crippen MR) is 83.8 cm³/mol. The molecule has 3 rings (SSSR count). The zero-order valence-corrected chi connectivity index (χ0v) is 13.3. The van der Waals surface area contributed by atoms with Crippen LogP contribution in [0.1, 0.15) is 28.3 Å². The van der Waals surface area contributed by atoms with Gasteiger partial charge in [0.2, 0.25) is 10.0 Å². The molecule has 1 aliphatic heterocycles. The van der Waals surface area contributed by atoms with E-state index in [1.807, 2.05) is 6.07 Å². The van der Waals surface area contributed by atoms with Crippen molar-refractivity contribution in [1.82, 2.24) is 4.31 Å². The molecule has 0 spiro atoms. The Bertz CT molecular complexity index is 784. The van der Waals surface area contributed by atoms with E-state index in [1.54, 1.807) is 35.0 Å². The number of carbonyl (C=O) groups is 1. The molecule has 116 valence electrons. The average molecular weight is 337 g/mol. The molecule has 1 atom stereocenters. The quantitative estimate of drug-likeness (QED) is 0.930. The van der Waals surface area contributed by atoms with E-state index >= 15 is 0 Å². The van der Waals surface area contributed by atoms with E-state index in [-0.39, 0.29) is 11.5 Å². The number of thiophene rings is 1. The van der Waals surface area contributed by atoms with Gasteiger partial charge in [-0.3, -0.25) is 0 Å². The highest BCUT2D eigenvalue weighted by Gasteiger charge is 2.33. The van der Waals surface area contributed by atoms with E-state index in [4.69, 9.17) is 5.11 Å². The molecule has 0 amide bonds. The molecule has 2 aromatic rings. The fourth-order valence-corrected chi connectivity index (χ4v) is 5.21. The third-order valence-corrected chi connectivity index (χ3v) is 6.58. The lowest BCUT2D eigenvalue weighted by atomic mass is 9.97. The highest BCUT2D eigenvalue weighted by molar-refractivity contribution is 7.89. The minimum atomic E-state index is -3.44. The van der Waals surface area contributed by atoms with E-state index < -0.39 is 16.0 Å². The highest BCUT2D eigenvalue weighted by Crippen LogP contribution is 2.31. The van der Waals surface area contributed by atoms with Crippen LogP contribution in [-0.4, -0.2) is 36.9 Å². The van der Waals surface area contributed by atoms with E-state index in [0.717, 1.165) is 5.56 Å². The second-order valence-corrected chi connectivity index (χ2v) is 7.96. The highest BCUT2D eigenvalue weighted by atomic mass is 32.2. The number of rotatable bonds is 4. The van der Waals surface area contributed by atoms with Gasteiger partial charge in [0.05, 0.1) is 10.5 Å². The van der Waals surface area contributed by atoms with Crippen LogP contribution in [0.2, 0.25) is 0 Å². The Morgan fingerprint density at radius 1 is 1.32 bits per heavy atom. The van der Waals surface area contributed by atoms with Crippen molar-refractivity contribution < 1.29 is 18.3 Å². The summed E-state index contributed by atoms with van der Waals surface area (Å²) in [6.07, 6.45) is 0.701. The Kier molecular flexibility index (Phi) is 4.03. The topological polar surface area (TPSA) is 74.7 Å². The lowest BCUT2D eigenvalue weighted by Gasteiger charge is -2.16. The zero-order valence-electron chi connectivity index (χ0n) is 11.7. The Labute approximate surface area is 132 Å². The Morgan fingerprint density at radius 2 is 2.14 bits per heavy atom. The van der Waals surface area contributed by atoms with Crippen molar-refractivity contribution >= 4 is 27.3 Å². The Hall–Kier alpha value is -1.70. The summed E-state index contributed by atoms with van der Waals surface area (Å²) in [7, 11) is -3.44. The zero-order chi connectivity index (χ0) is 15.7. The molecule has 5 nitrogen and oxygen atoms in total. The smallest absolute Gasteiger partial charge is 0.335 e. The summed E-state index contributed by atoms with van der Waals surface area (Å²) < 4.78 is 26.5. The molecule has 7 heteroatoms. The predicted octanol–water partition coefficient (Wildman–Crippen LogP) is 2.62. The first-order valence-corrected chi connectivity index (χ1v) is 9.22. The van der Waals surface area contributed by atoms with Gasteiger partial charge < -0.3 is 5.11 Å². The van der Waals surface area contributed by atoms with Crippen LogP contribution in [0.5, 0.6) is 0 Å². The van der Waals surface area contributed by atoms with Crippen molar-refractivity contribution in [2.24, 2.45) is 0 Å². The molecule has 1 aliphatic rings. The van der Waals surface area contributed by atoms with Gasteiger partial charge in [-0.15, -0.1) is 0 Å². The van der Waals surface area contributed by atoms with Crippen LogP contribution < -0.4 is 0 Å². The molecule has 1 fully saturated rings. The second kappa shape index (κ2) is 5.83. The number of carboxylic acid groups (broad SMARTS) is 1. The van der Waals surface area contributed by atoms with Gasteiger partial charge in [-0.05, 0) is 41.5 Å². The molecular weight excluding hydrogens is 322 g/mol. The molecule has 1 aromatic heterocycles. The first-order chi connectivity index (χ1) is 10.5. The molecule has 1 saturated heterocycles. The van der Waals surface area contributed by atoms with Crippen LogP contribution in [0.3, 0.4) is 0 Å². The fourth-order valence-electron chi connectivity index (χ4n) is 2.69. The molecule has 0 bridgehead atoms.